The molecule has 4 rings (SSSR count). The lowest BCUT2D eigenvalue weighted by Crippen LogP contribution is -2.28. The third-order valence-electron chi connectivity index (χ3n) is 3.86. The molecule has 0 fully saturated rings. The summed E-state index contributed by atoms with van der Waals surface area (Å²) in [5.74, 6) is 0.554. The number of carbonyl (C=O) groups is 1. The monoisotopic (exact) mass is 350 g/mol. The van der Waals surface area contributed by atoms with Gasteiger partial charge in [-0.25, -0.2) is 4.98 Å². The van der Waals surface area contributed by atoms with Crippen molar-refractivity contribution < 1.29 is 9.21 Å². The molecule has 0 unspecified atom stereocenters. The third kappa shape index (κ3) is 2.86. The summed E-state index contributed by atoms with van der Waals surface area (Å²) in [5.41, 5.74) is 1.26. The van der Waals surface area contributed by atoms with E-state index < -0.39 is 5.91 Å². The van der Waals surface area contributed by atoms with Crippen LogP contribution in [0.25, 0.3) is 22.5 Å². The highest BCUT2D eigenvalue weighted by atomic mass is 16.3. The van der Waals surface area contributed by atoms with Crippen molar-refractivity contribution in [3.05, 3.63) is 58.8 Å². The SMILES string of the molecule is Cc1cccc2c(=O)n(CC(=O)Nc3n[nH]c(-c4ccco4)n3)cnc12. The van der Waals surface area contributed by atoms with Crippen molar-refractivity contribution in [1.29, 1.82) is 0 Å². The van der Waals surface area contributed by atoms with Gasteiger partial charge in [0.05, 0.1) is 23.5 Å². The van der Waals surface area contributed by atoms with Gasteiger partial charge in [-0.05, 0) is 30.7 Å². The largest absolute Gasteiger partial charge is 0.461 e. The van der Waals surface area contributed by atoms with Crippen molar-refractivity contribution in [2.24, 2.45) is 0 Å². The van der Waals surface area contributed by atoms with Gasteiger partial charge in [-0.15, -0.1) is 5.10 Å². The first-order chi connectivity index (χ1) is 12.6. The Morgan fingerprint density at radius 2 is 2.19 bits per heavy atom. The van der Waals surface area contributed by atoms with E-state index in [0.717, 1.165) is 5.56 Å². The van der Waals surface area contributed by atoms with E-state index in [1.165, 1.54) is 17.2 Å². The Kier molecular flexibility index (Phi) is 3.81. The second kappa shape index (κ2) is 6.28. The van der Waals surface area contributed by atoms with Crippen LogP contribution >= 0.6 is 0 Å². The Labute approximate surface area is 146 Å². The van der Waals surface area contributed by atoms with Crippen molar-refractivity contribution >= 4 is 22.8 Å². The molecule has 0 saturated carbocycles. The highest BCUT2D eigenvalue weighted by Crippen LogP contribution is 2.16. The summed E-state index contributed by atoms with van der Waals surface area (Å²) in [5, 5.41) is 9.58. The lowest BCUT2D eigenvalue weighted by Gasteiger charge is -2.07. The van der Waals surface area contributed by atoms with Crippen LogP contribution in [-0.2, 0) is 11.3 Å². The molecule has 3 heterocycles. The van der Waals surface area contributed by atoms with E-state index in [9.17, 15) is 9.59 Å². The number of aromatic nitrogens is 5. The molecule has 0 spiro atoms. The number of nitrogens with one attached hydrogen (secondary N) is 2. The summed E-state index contributed by atoms with van der Waals surface area (Å²) in [6.45, 7) is 1.69. The molecule has 4 aromatic rings. The Balaban J connectivity index is 1.53. The van der Waals surface area contributed by atoms with E-state index in [2.05, 4.69) is 25.5 Å². The van der Waals surface area contributed by atoms with Crippen molar-refractivity contribution in [3.63, 3.8) is 0 Å². The highest BCUT2D eigenvalue weighted by molar-refractivity contribution is 5.89. The molecule has 0 bridgehead atoms. The fourth-order valence-electron chi connectivity index (χ4n) is 2.61. The average Bonchev–Trinajstić information content (AvgIpc) is 3.29. The molecule has 0 aliphatic rings. The smallest absolute Gasteiger partial charge is 0.261 e. The number of nitrogens with zero attached hydrogens (tertiary/aromatic N) is 4. The second-order valence-corrected chi connectivity index (χ2v) is 5.68. The zero-order chi connectivity index (χ0) is 18.1. The number of hydrogen-bond donors (Lipinski definition) is 2. The van der Waals surface area contributed by atoms with E-state index in [0.29, 0.717) is 22.5 Å². The number of fused-ring (bicyclic) bond motifs is 1. The van der Waals surface area contributed by atoms with Crippen molar-refractivity contribution in [2.45, 2.75) is 13.5 Å². The van der Waals surface area contributed by atoms with Crippen LogP contribution in [0.4, 0.5) is 5.95 Å². The molecule has 1 aromatic carbocycles. The van der Waals surface area contributed by atoms with Crippen molar-refractivity contribution in [2.75, 3.05) is 5.32 Å². The number of H-pyrrole nitrogens is 1. The standard InChI is InChI=1S/C17H14N6O3/c1-10-4-2-5-11-14(10)18-9-23(16(11)25)8-13(24)19-17-20-15(21-22-17)12-6-3-7-26-12/h2-7,9H,8H2,1H3,(H2,19,20,21,22,24). The minimum Gasteiger partial charge on any atom is -0.461 e. The molecule has 9 nitrogen and oxygen atoms in total. The Bertz CT molecular complexity index is 1140. The first-order valence-electron chi connectivity index (χ1n) is 7.83. The lowest BCUT2D eigenvalue weighted by atomic mass is 10.1. The van der Waals surface area contributed by atoms with Crippen LogP contribution in [-0.4, -0.2) is 30.6 Å². The quantitative estimate of drug-likeness (QED) is 0.578. The molecule has 26 heavy (non-hydrogen) atoms. The van der Waals surface area contributed by atoms with Gasteiger partial charge in [-0.3, -0.25) is 24.6 Å². The number of furan rings is 1. The van der Waals surface area contributed by atoms with Crippen molar-refractivity contribution in [1.82, 2.24) is 24.7 Å². The highest BCUT2D eigenvalue weighted by Gasteiger charge is 2.13. The van der Waals surface area contributed by atoms with E-state index in [-0.39, 0.29) is 18.1 Å². The minimum atomic E-state index is -0.439. The molecule has 3 aromatic heterocycles. The predicted molar refractivity (Wildman–Crippen MR) is 93.5 cm³/mol. The fraction of sp³-hybridized carbons (Fsp3) is 0.118. The number of aromatic amines is 1. The van der Waals surface area contributed by atoms with Gasteiger partial charge < -0.3 is 4.42 Å². The fourth-order valence-corrected chi connectivity index (χ4v) is 2.61. The minimum absolute atomic E-state index is 0.0963. The number of anilines is 1. The van der Waals surface area contributed by atoms with E-state index in [1.54, 1.807) is 24.3 Å². The van der Waals surface area contributed by atoms with Gasteiger partial charge in [0.15, 0.2) is 11.6 Å². The summed E-state index contributed by atoms with van der Waals surface area (Å²) >= 11 is 0. The van der Waals surface area contributed by atoms with Gasteiger partial charge in [0, 0.05) is 0 Å². The molecule has 9 heteroatoms. The Hall–Kier alpha value is -3.75. The molecular weight excluding hydrogens is 336 g/mol. The number of rotatable bonds is 4. The van der Waals surface area contributed by atoms with Crippen LogP contribution in [0.2, 0.25) is 0 Å². The number of benzene rings is 1. The summed E-state index contributed by atoms with van der Waals surface area (Å²) in [4.78, 5) is 33.1. The Morgan fingerprint density at radius 3 is 3.00 bits per heavy atom. The summed E-state index contributed by atoms with van der Waals surface area (Å²) in [6, 6.07) is 8.79. The van der Waals surface area contributed by atoms with Gasteiger partial charge in [-0.2, -0.15) is 4.98 Å². The molecule has 0 atom stereocenters. The first kappa shape index (κ1) is 15.8. The zero-order valence-corrected chi connectivity index (χ0v) is 13.8. The second-order valence-electron chi connectivity index (χ2n) is 5.68. The van der Waals surface area contributed by atoms with Crippen molar-refractivity contribution in [3.8, 4) is 11.6 Å². The number of para-hydroxylation sites is 1. The molecule has 2 N–H and O–H groups in total. The summed E-state index contributed by atoms with van der Waals surface area (Å²) < 4.78 is 6.45. The van der Waals surface area contributed by atoms with Crippen LogP contribution in [0.15, 0.2) is 52.1 Å². The van der Waals surface area contributed by atoms with E-state index in [4.69, 9.17) is 4.42 Å². The molecule has 0 aliphatic carbocycles. The molecule has 0 saturated heterocycles. The first-order valence-corrected chi connectivity index (χ1v) is 7.83. The van der Waals surface area contributed by atoms with Gasteiger partial charge in [-0.1, -0.05) is 12.1 Å². The van der Waals surface area contributed by atoms with Gasteiger partial charge >= 0.3 is 0 Å². The number of amides is 1. The van der Waals surface area contributed by atoms with Gasteiger partial charge in [0.1, 0.15) is 6.54 Å². The predicted octanol–water partition coefficient (Wildman–Crippen LogP) is 1.72. The van der Waals surface area contributed by atoms with Crippen LogP contribution in [0.5, 0.6) is 0 Å². The average molecular weight is 350 g/mol. The normalized spacial score (nSPS) is 11.0. The summed E-state index contributed by atoms with van der Waals surface area (Å²) in [7, 11) is 0. The third-order valence-corrected chi connectivity index (χ3v) is 3.86. The van der Waals surface area contributed by atoms with Gasteiger partial charge in [0.2, 0.25) is 11.9 Å². The molecule has 1 amide bonds. The maximum absolute atomic E-state index is 12.5. The topological polar surface area (TPSA) is 119 Å². The molecule has 0 radical (unpaired) electrons. The number of aryl methyl sites for hydroxylation is 1. The maximum atomic E-state index is 12.5. The van der Waals surface area contributed by atoms with Crippen LogP contribution in [0.3, 0.4) is 0 Å². The number of hydrogen-bond acceptors (Lipinski definition) is 6. The maximum Gasteiger partial charge on any atom is 0.261 e. The lowest BCUT2D eigenvalue weighted by molar-refractivity contribution is -0.116. The molecular formula is C17H14N6O3. The van der Waals surface area contributed by atoms with Crippen LogP contribution in [0.1, 0.15) is 5.56 Å². The molecule has 130 valence electrons. The van der Waals surface area contributed by atoms with Crippen LogP contribution in [0, 0.1) is 6.92 Å². The zero-order valence-electron chi connectivity index (χ0n) is 13.8. The van der Waals surface area contributed by atoms with Gasteiger partial charge in [0.25, 0.3) is 5.56 Å². The number of carbonyl (C=O) groups excluding carboxylic acids is 1. The van der Waals surface area contributed by atoms with E-state index in [1.807, 2.05) is 13.0 Å². The Morgan fingerprint density at radius 1 is 1.31 bits per heavy atom. The summed E-state index contributed by atoms with van der Waals surface area (Å²) in [6.07, 6.45) is 2.88. The van der Waals surface area contributed by atoms with E-state index >= 15 is 0 Å². The molecule has 0 aliphatic heterocycles. The van der Waals surface area contributed by atoms with Crippen LogP contribution < -0.4 is 10.9 Å².